The predicted octanol–water partition coefficient (Wildman–Crippen LogP) is 9.67. The van der Waals surface area contributed by atoms with Gasteiger partial charge in [0, 0.05) is 25.9 Å². The number of para-hydroxylation sites is 2. The van der Waals surface area contributed by atoms with Crippen LogP contribution in [0.5, 0.6) is 0 Å². The van der Waals surface area contributed by atoms with Gasteiger partial charge in [0.15, 0.2) is 11.6 Å². The van der Waals surface area contributed by atoms with Gasteiger partial charge in [-0.2, -0.15) is 10.2 Å². The van der Waals surface area contributed by atoms with E-state index >= 15 is 0 Å². The molecule has 2 N–H and O–H groups in total. The lowest BCUT2D eigenvalue weighted by atomic mass is 9.75. The molecule has 0 saturated heterocycles. The first-order valence-corrected chi connectivity index (χ1v) is 22.6. The maximum absolute atomic E-state index is 13.2. The van der Waals surface area contributed by atoms with E-state index in [0.29, 0.717) is 11.4 Å². The first kappa shape index (κ1) is 44.2. The number of Topliss-reactive ketones (excluding diaryl/α,β-unsaturated/α-hetero) is 2. The molecule has 0 bridgehead atoms. The fourth-order valence-electron chi connectivity index (χ4n) is 10.2. The number of nitrogens with zero attached hydrogens (tertiary/aromatic N) is 4. The number of ketones is 2. The molecule has 0 aromatic heterocycles. The van der Waals surface area contributed by atoms with Crippen molar-refractivity contribution < 1.29 is 19.2 Å². The van der Waals surface area contributed by atoms with E-state index < -0.39 is 11.1 Å². The van der Waals surface area contributed by atoms with Crippen LogP contribution in [-0.2, 0) is 19.2 Å². The van der Waals surface area contributed by atoms with Crippen molar-refractivity contribution in [3.63, 3.8) is 0 Å². The third kappa shape index (κ3) is 9.90. The van der Waals surface area contributed by atoms with E-state index in [1.54, 1.807) is 13.8 Å². The van der Waals surface area contributed by atoms with Gasteiger partial charge in [0.25, 0.3) is 0 Å². The quantitative estimate of drug-likeness (QED) is 0.147. The molecule has 0 radical (unpaired) electrons. The summed E-state index contributed by atoms with van der Waals surface area (Å²) < 4.78 is 0. The molecule has 4 aliphatic rings. The highest BCUT2D eigenvalue weighted by Gasteiger charge is 2.53. The van der Waals surface area contributed by atoms with Gasteiger partial charge in [-0.3, -0.25) is 29.2 Å². The number of hydrazone groups is 2. The average molecular weight is 835 g/mol. The van der Waals surface area contributed by atoms with Gasteiger partial charge >= 0.3 is 0 Å². The van der Waals surface area contributed by atoms with E-state index in [0.717, 1.165) is 48.2 Å². The average Bonchev–Trinajstić information content (AvgIpc) is 3.76. The van der Waals surface area contributed by atoms with Crippen molar-refractivity contribution in [3.05, 3.63) is 132 Å². The van der Waals surface area contributed by atoms with Crippen molar-refractivity contribution >= 4 is 46.2 Å². The molecule has 0 spiro atoms. The molecule has 0 unspecified atom stereocenters. The van der Waals surface area contributed by atoms with Crippen molar-refractivity contribution in [1.29, 1.82) is 0 Å². The van der Waals surface area contributed by atoms with Gasteiger partial charge in [-0.1, -0.05) is 136 Å². The van der Waals surface area contributed by atoms with Crippen LogP contribution in [0.25, 0.3) is 0 Å². The Morgan fingerprint density at radius 1 is 0.500 bits per heavy atom. The summed E-state index contributed by atoms with van der Waals surface area (Å²) in [6.45, 7) is 7.23. The van der Waals surface area contributed by atoms with Crippen molar-refractivity contribution in [2.45, 2.75) is 140 Å². The smallest absolute Gasteiger partial charge is 0.222 e. The van der Waals surface area contributed by atoms with Crippen molar-refractivity contribution in [2.24, 2.45) is 10.2 Å². The molecule has 4 aromatic carbocycles. The second-order valence-electron chi connectivity index (χ2n) is 17.9. The first-order valence-electron chi connectivity index (χ1n) is 22.6. The van der Waals surface area contributed by atoms with Gasteiger partial charge in [-0.25, -0.2) is 0 Å². The molecule has 4 atom stereocenters. The molecule has 2 heterocycles. The summed E-state index contributed by atoms with van der Waals surface area (Å²) in [5, 5.41) is 19.9. The van der Waals surface area contributed by atoms with Crippen LogP contribution in [0.15, 0.2) is 132 Å². The molecule has 10 nitrogen and oxygen atoms in total. The Balaban J connectivity index is 0.000000186. The molecule has 2 amide bonds. The molecule has 62 heavy (non-hydrogen) atoms. The zero-order valence-electron chi connectivity index (χ0n) is 36.8. The molecule has 10 heteroatoms. The lowest BCUT2D eigenvalue weighted by Gasteiger charge is -2.39. The van der Waals surface area contributed by atoms with Crippen LogP contribution in [0.1, 0.15) is 128 Å². The highest BCUT2D eigenvalue weighted by Crippen LogP contribution is 2.47. The predicted molar refractivity (Wildman–Crippen MR) is 249 cm³/mol. The maximum Gasteiger partial charge on any atom is 0.222 e. The number of carbonyl (C=O) groups excluding carboxylic acids is 4. The summed E-state index contributed by atoms with van der Waals surface area (Å²) in [5.74, 6) is -0.656. The molecule has 2 saturated carbocycles. The second kappa shape index (κ2) is 19.9. The number of anilines is 2. The van der Waals surface area contributed by atoms with E-state index in [4.69, 9.17) is 10.2 Å². The number of hydrogen-bond donors (Lipinski definition) is 2. The maximum atomic E-state index is 13.2. The number of carbonyl (C=O) groups is 4. The van der Waals surface area contributed by atoms with Crippen molar-refractivity contribution in [1.82, 2.24) is 10.6 Å². The number of benzene rings is 4. The summed E-state index contributed by atoms with van der Waals surface area (Å²) in [6, 6.07) is 40.1. The summed E-state index contributed by atoms with van der Waals surface area (Å²) in [6.07, 6.45) is 11.9. The molecule has 2 aliphatic heterocycles. The molecular weight excluding hydrogens is 773 g/mol. The summed E-state index contributed by atoms with van der Waals surface area (Å²) in [4.78, 5) is 51.7. The fourth-order valence-corrected chi connectivity index (χ4v) is 10.2. The Morgan fingerprint density at radius 3 is 1.11 bits per heavy atom. The van der Waals surface area contributed by atoms with E-state index in [2.05, 4.69) is 24.5 Å². The highest BCUT2D eigenvalue weighted by atomic mass is 16.2. The summed E-state index contributed by atoms with van der Waals surface area (Å²) in [5.41, 5.74) is 3.39. The minimum absolute atomic E-state index is 0.0243. The molecule has 4 aromatic rings. The van der Waals surface area contributed by atoms with Crippen LogP contribution < -0.4 is 20.7 Å². The Morgan fingerprint density at radius 2 is 0.806 bits per heavy atom. The number of nitrogens with one attached hydrogen (secondary N) is 2. The van der Waals surface area contributed by atoms with Gasteiger partial charge in [-0.05, 0) is 74.9 Å². The van der Waals surface area contributed by atoms with Crippen LogP contribution in [-0.4, -0.2) is 58.0 Å². The van der Waals surface area contributed by atoms with Crippen LogP contribution in [0.2, 0.25) is 0 Å². The summed E-state index contributed by atoms with van der Waals surface area (Å²) in [7, 11) is 0. The largest absolute Gasteiger partial charge is 0.353 e. The molecule has 2 fully saturated rings. The molecular formula is C52H62N6O4. The Bertz CT molecular complexity index is 2060. The minimum atomic E-state index is -0.692. The second-order valence-corrected chi connectivity index (χ2v) is 17.9. The molecule has 8 rings (SSSR count). The van der Waals surface area contributed by atoms with Gasteiger partial charge in [0.1, 0.15) is 11.4 Å². The third-order valence-corrected chi connectivity index (χ3v) is 13.1. The van der Waals surface area contributed by atoms with Gasteiger partial charge in [-0.15, -0.1) is 0 Å². The van der Waals surface area contributed by atoms with E-state index in [-0.39, 0.29) is 60.1 Å². The normalized spacial score (nSPS) is 24.0. The van der Waals surface area contributed by atoms with E-state index in [1.165, 1.54) is 38.5 Å². The molecule has 2 aliphatic carbocycles. The highest BCUT2D eigenvalue weighted by molar-refractivity contribution is 6.43. The lowest BCUT2D eigenvalue weighted by molar-refractivity contribution is -0.124. The number of amides is 2. The number of hydrogen-bond acceptors (Lipinski definition) is 8. The lowest BCUT2D eigenvalue weighted by Crippen LogP contribution is -2.50. The zero-order valence-corrected chi connectivity index (χ0v) is 36.8. The van der Waals surface area contributed by atoms with Gasteiger partial charge < -0.3 is 10.6 Å². The zero-order chi connectivity index (χ0) is 43.7. The fraction of sp³-hybridized carbons (Fsp3) is 0.423. The van der Waals surface area contributed by atoms with Crippen molar-refractivity contribution in [2.75, 3.05) is 10.0 Å². The monoisotopic (exact) mass is 834 g/mol. The topological polar surface area (TPSA) is 124 Å². The third-order valence-electron chi connectivity index (χ3n) is 13.1. The SMILES string of the molecule is CC(=O)C1=NN(c2ccccc2)[C@@](C)(CC(=O)NC2CCCCC2)[C@@H]1c1ccccc1.CC(=O)C1=NN(c2ccccc2)[C@](C)(CC(=O)NC2CCCCC2)[C@H]1c1ccccc1. The summed E-state index contributed by atoms with van der Waals surface area (Å²) >= 11 is 0. The van der Waals surface area contributed by atoms with E-state index in [9.17, 15) is 19.2 Å². The number of rotatable bonds is 12. The van der Waals surface area contributed by atoms with Crippen molar-refractivity contribution in [3.8, 4) is 0 Å². The Labute approximate surface area is 367 Å². The van der Waals surface area contributed by atoms with Crippen LogP contribution in [0.4, 0.5) is 11.4 Å². The molecule has 324 valence electrons. The minimum Gasteiger partial charge on any atom is -0.353 e. The Kier molecular flexibility index (Phi) is 14.2. The van der Waals surface area contributed by atoms with Crippen LogP contribution >= 0.6 is 0 Å². The standard InChI is InChI=1S/2C26H31N3O2/c2*1-19(30)25-24(20-12-6-3-7-13-20)26(2,29(28-25)22-16-10-5-11-17-22)18-23(31)27-21-14-8-4-9-15-21/h2*3,5-7,10-13,16-17,21,24H,4,8-9,14-15,18H2,1-2H3,(H,27,31)/t2*24-,26+/m10/s1. The van der Waals surface area contributed by atoms with Crippen LogP contribution in [0, 0.1) is 0 Å². The first-order chi connectivity index (χ1) is 30.0. The van der Waals surface area contributed by atoms with Gasteiger partial charge in [0.2, 0.25) is 11.8 Å². The van der Waals surface area contributed by atoms with E-state index in [1.807, 2.05) is 131 Å². The van der Waals surface area contributed by atoms with Gasteiger partial charge in [0.05, 0.1) is 47.1 Å². The van der Waals surface area contributed by atoms with Crippen LogP contribution in [0.3, 0.4) is 0 Å². The Hall–Kier alpha value is -5.90.